The minimum atomic E-state index is 0.0321. The number of rotatable bonds is 6. The largest absolute Gasteiger partial charge is 0.392 e. The zero-order chi connectivity index (χ0) is 13.5. The van der Waals surface area contributed by atoms with Crippen LogP contribution in [0, 0.1) is 0 Å². The molecule has 0 bridgehead atoms. The quantitative estimate of drug-likeness (QED) is 0.805. The van der Waals surface area contributed by atoms with Gasteiger partial charge in [-0.25, -0.2) is 0 Å². The summed E-state index contributed by atoms with van der Waals surface area (Å²) in [6, 6.07) is 11.5. The Bertz CT molecular complexity index is 509. The lowest BCUT2D eigenvalue weighted by molar-refractivity contribution is -0.118. The first kappa shape index (κ1) is 14.1. The predicted molar refractivity (Wildman–Crippen MR) is 79.3 cm³/mol. The predicted octanol–water partition coefficient (Wildman–Crippen LogP) is 2.65. The second kappa shape index (κ2) is 7.33. The molecule has 1 aromatic carbocycles. The molecule has 0 saturated heterocycles. The second-order valence-corrected chi connectivity index (χ2v) is 6.20. The number of thiophene rings is 1. The van der Waals surface area contributed by atoms with Crippen LogP contribution in [0.4, 0.5) is 0 Å². The summed E-state index contributed by atoms with van der Waals surface area (Å²) in [5.41, 5.74) is 1.91. The minimum Gasteiger partial charge on any atom is -0.392 e. The zero-order valence-electron chi connectivity index (χ0n) is 10.3. The van der Waals surface area contributed by atoms with Gasteiger partial charge in [-0.2, -0.15) is 0 Å². The lowest BCUT2D eigenvalue weighted by Crippen LogP contribution is -2.24. The molecule has 2 rings (SSSR count). The molecule has 0 aliphatic carbocycles. The Hall–Kier alpha value is -1.30. The molecule has 100 valence electrons. The van der Waals surface area contributed by atoms with Crippen molar-refractivity contribution in [2.45, 2.75) is 17.4 Å². The molecule has 0 aliphatic rings. The number of hydrogen-bond acceptors (Lipinski definition) is 4. The first-order chi connectivity index (χ1) is 9.28. The van der Waals surface area contributed by atoms with E-state index in [2.05, 4.69) is 5.32 Å². The Kier molecular flexibility index (Phi) is 5.44. The van der Waals surface area contributed by atoms with Crippen LogP contribution >= 0.6 is 23.1 Å². The number of aliphatic hydroxyl groups is 1. The fourth-order valence-corrected chi connectivity index (χ4v) is 3.11. The van der Waals surface area contributed by atoms with Crippen LogP contribution in [0.2, 0.25) is 0 Å². The SMILES string of the molecule is O=C(CSc1cccs1)NCc1ccc(CO)cc1. The summed E-state index contributed by atoms with van der Waals surface area (Å²) in [4.78, 5) is 11.7. The summed E-state index contributed by atoms with van der Waals surface area (Å²) in [6.45, 7) is 0.569. The first-order valence-corrected chi connectivity index (χ1v) is 7.76. The van der Waals surface area contributed by atoms with Crippen molar-refractivity contribution in [3.8, 4) is 0 Å². The molecule has 5 heteroatoms. The van der Waals surface area contributed by atoms with Crippen LogP contribution in [0.3, 0.4) is 0 Å². The van der Waals surface area contributed by atoms with E-state index in [9.17, 15) is 4.79 Å². The molecular formula is C14H15NO2S2. The van der Waals surface area contributed by atoms with Gasteiger partial charge in [0.2, 0.25) is 5.91 Å². The van der Waals surface area contributed by atoms with Crippen LogP contribution < -0.4 is 5.32 Å². The topological polar surface area (TPSA) is 49.3 Å². The Morgan fingerprint density at radius 1 is 1.21 bits per heavy atom. The molecule has 1 heterocycles. The monoisotopic (exact) mass is 293 g/mol. The third-order valence-electron chi connectivity index (χ3n) is 2.54. The Labute approximate surface area is 120 Å². The molecule has 0 saturated carbocycles. The first-order valence-electron chi connectivity index (χ1n) is 5.89. The van der Waals surface area contributed by atoms with Gasteiger partial charge in [0.25, 0.3) is 0 Å². The van der Waals surface area contributed by atoms with Crippen molar-refractivity contribution in [2.75, 3.05) is 5.75 Å². The third-order valence-corrected chi connectivity index (χ3v) is 4.67. The smallest absolute Gasteiger partial charge is 0.230 e. The van der Waals surface area contributed by atoms with Gasteiger partial charge in [-0.3, -0.25) is 4.79 Å². The summed E-state index contributed by atoms with van der Waals surface area (Å²) >= 11 is 3.19. The van der Waals surface area contributed by atoms with Gasteiger partial charge in [0, 0.05) is 6.54 Å². The van der Waals surface area contributed by atoms with Gasteiger partial charge in [-0.05, 0) is 22.6 Å². The second-order valence-electron chi connectivity index (χ2n) is 3.97. The summed E-state index contributed by atoms with van der Waals surface area (Å²) in [5.74, 6) is 0.472. The molecule has 1 amide bonds. The van der Waals surface area contributed by atoms with Crippen molar-refractivity contribution in [2.24, 2.45) is 0 Å². The van der Waals surface area contributed by atoms with E-state index in [1.807, 2.05) is 41.8 Å². The molecule has 0 aliphatic heterocycles. The summed E-state index contributed by atoms with van der Waals surface area (Å²) < 4.78 is 1.16. The lowest BCUT2D eigenvalue weighted by atomic mass is 10.1. The molecule has 3 nitrogen and oxygen atoms in total. The summed E-state index contributed by atoms with van der Waals surface area (Å²) in [7, 11) is 0. The normalized spacial score (nSPS) is 10.4. The Morgan fingerprint density at radius 2 is 1.95 bits per heavy atom. The maximum atomic E-state index is 11.7. The number of benzene rings is 1. The van der Waals surface area contributed by atoms with Crippen molar-refractivity contribution >= 4 is 29.0 Å². The molecule has 1 aromatic heterocycles. The zero-order valence-corrected chi connectivity index (χ0v) is 12.0. The maximum Gasteiger partial charge on any atom is 0.230 e. The van der Waals surface area contributed by atoms with Crippen LogP contribution in [-0.4, -0.2) is 16.8 Å². The standard InChI is InChI=1S/C14H15NO2S2/c16-9-12-5-3-11(4-6-12)8-15-13(17)10-19-14-2-1-7-18-14/h1-7,16H,8-10H2,(H,15,17). The number of amides is 1. The van der Waals surface area contributed by atoms with Crippen LogP contribution in [0.1, 0.15) is 11.1 Å². The van der Waals surface area contributed by atoms with Gasteiger partial charge in [-0.15, -0.1) is 23.1 Å². The van der Waals surface area contributed by atoms with Gasteiger partial charge in [-0.1, -0.05) is 30.3 Å². The van der Waals surface area contributed by atoms with Gasteiger partial charge in [0.15, 0.2) is 0 Å². The van der Waals surface area contributed by atoms with Crippen molar-refractivity contribution in [3.05, 3.63) is 52.9 Å². The molecular weight excluding hydrogens is 278 g/mol. The van der Waals surface area contributed by atoms with E-state index in [-0.39, 0.29) is 12.5 Å². The van der Waals surface area contributed by atoms with Gasteiger partial charge >= 0.3 is 0 Å². The molecule has 0 unspecified atom stereocenters. The number of thioether (sulfide) groups is 1. The van der Waals surface area contributed by atoms with E-state index in [4.69, 9.17) is 5.11 Å². The van der Waals surface area contributed by atoms with Crippen molar-refractivity contribution < 1.29 is 9.90 Å². The van der Waals surface area contributed by atoms with Crippen molar-refractivity contribution in [1.82, 2.24) is 5.32 Å². The van der Waals surface area contributed by atoms with Gasteiger partial charge < -0.3 is 10.4 Å². The highest BCUT2D eigenvalue weighted by atomic mass is 32.2. The van der Waals surface area contributed by atoms with Crippen molar-refractivity contribution in [1.29, 1.82) is 0 Å². The highest BCUT2D eigenvalue weighted by Crippen LogP contribution is 2.22. The van der Waals surface area contributed by atoms with E-state index in [1.54, 1.807) is 23.1 Å². The lowest BCUT2D eigenvalue weighted by Gasteiger charge is -2.05. The van der Waals surface area contributed by atoms with E-state index in [1.165, 1.54) is 0 Å². The van der Waals surface area contributed by atoms with Crippen LogP contribution in [0.25, 0.3) is 0 Å². The van der Waals surface area contributed by atoms with Gasteiger partial charge in [0.1, 0.15) is 0 Å². The van der Waals surface area contributed by atoms with Crippen molar-refractivity contribution in [3.63, 3.8) is 0 Å². The minimum absolute atomic E-state index is 0.0321. The molecule has 0 atom stereocenters. The molecule has 0 spiro atoms. The van der Waals surface area contributed by atoms with Crippen LogP contribution in [0.15, 0.2) is 46.0 Å². The number of hydrogen-bond donors (Lipinski definition) is 2. The van der Waals surface area contributed by atoms with Gasteiger partial charge in [0.05, 0.1) is 16.6 Å². The highest BCUT2D eigenvalue weighted by molar-refractivity contribution is 8.01. The van der Waals surface area contributed by atoms with E-state index in [0.717, 1.165) is 15.3 Å². The van der Waals surface area contributed by atoms with Crippen LogP contribution in [-0.2, 0) is 17.9 Å². The average Bonchev–Trinajstić information content (AvgIpc) is 2.96. The Morgan fingerprint density at radius 3 is 2.58 bits per heavy atom. The fourth-order valence-electron chi connectivity index (χ4n) is 1.50. The molecule has 19 heavy (non-hydrogen) atoms. The summed E-state index contributed by atoms with van der Waals surface area (Å²) in [6.07, 6.45) is 0. The van der Waals surface area contributed by atoms with E-state index < -0.39 is 0 Å². The Balaban J connectivity index is 1.73. The molecule has 0 radical (unpaired) electrons. The number of aliphatic hydroxyl groups excluding tert-OH is 1. The third kappa shape index (κ3) is 4.70. The number of carbonyl (C=O) groups is 1. The molecule has 0 fully saturated rings. The maximum absolute atomic E-state index is 11.7. The number of carbonyl (C=O) groups excluding carboxylic acids is 1. The van der Waals surface area contributed by atoms with E-state index >= 15 is 0 Å². The molecule has 2 N–H and O–H groups in total. The fraction of sp³-hybridized carbons (Fsp3) is 0.214. The summed E-state index contributed by atoms with van der Waals surface area (Å²) in [5, 5.41) is 13.8. The van der Waals surface area contributed by atoms with Crippen LogP contribution in [0.5, 0.6) is 0 Å². The van der Waals surface area contributed by atoms with E-state index in [0.29, 0.717) is 12.3 Å². The molecule has 2 aromatic rings. The number of nitrogens with one attached hydrogen (secondary N) is 1. The average molecular weight is 293 g/mol. The highest BCUT2D eigenvalue weighted by Gasteiger charge is 2.03.